The van der Waals surface area contributed by atoms with E-state index in [0.717, 1.165) is 6.26 Å². The van der Waals surface area contributed by atoms with Crippen molar-refractivity contribution in [3.63, 3.8) is 0 Å². The minimum atomic E-state index is -3.46. The molecule has 1 heterocycles. The highest BCUT2D eigenvalue weighted by Gasteiger charge is 2.17. The molecule has 2 aromatic carbocycles. The summed E-state index contributed by atoms with van der Waals surface area (Å²) >= 11 is 6.12. The molecule has 0 radical (unpaired) electrons. The van der Waals surface area contributed by atoms with E-state index >= 15 is 0 Å². The van der Waals surface area contributed by atoms with Crippen LogP contribution in [0.2, 0.25) is 5.02 Å². The molecule has 0 spiro atoms. The lowest BCUT2D eigenvalue weighted by Crippen LogP contribution is -2.30. The number of carbonyl (C=O) groups is 1. The lowest BCUT2D eigenvalue weighted by Gasteiger charge is -2.20. The molecule has 0 saturated carbocycles. The molecule has 0 aliphatic rings. The number of hydrogen-bond donors (Lipinski definition) is 1. The topological polar surface area (TPSA) is 105 Å². The zero-order valence-electron chi connectivity index (χ0n) is 16.1. The molecular weight excluding hydrogens is 428 g/mol. The maximum atomic E-state index is 12.4. The molecular formula is C20H19ClN4O4S. The fraction of sp³-hybridized carbons (Fsp3) is 0.150. The van der Waals surface area contributed by atoms with Gasteiger partial charge in [0.1, 0.15) is 0 Å². The molecule has 1 N–H and O–H groups in total. The minimum Gasteiger partial charge on any atom is -0.343 e. The summed E-state index contributed by atoms with van der Waals surface area (Å²) in [5, 5.41) is 7.05. The van der Waals surface area contributed by atoms with Crippen LogP contribution in [0.3, 0.4) is 0 Å². The summed E-state index contributed by atoms with van der Waals surface area (Å²) in [4.78, 5) is 16.6. The van der Waals surface area contributed by atoms with Crippen molar-refractivity contribution in [2.75, 3.05) is 17.1 Å². The Bertz CT molecular complexity index is 1160. The number of nitrogens with one attached hydrogen (secondary N) is 1. The van der Waals surface area contributed by atoms with E-state index in [0.29, 0.717) is 27.7 Å². The summed E-state index contributed by atoms with van der Waals surface area (Å²) < 4.78 is 30.1. The third-order valence-electron chi connectivity index (χ3n) is 4.10. The zero-order valence-corrected chi connectivity index (χ0v) is 17.7. The van der Waals surface area contributed by atoms with Gasteiger partial charge in [0.05, 0.1) is 30.1 Å². The monoisotopic (exact) mass is 446 g/mol. The normalized spacial score (nSPS) is 11.1. The Hall–Kier alpha value is -3.17. The standard InChI is InChI=1S/C20H19ClN4O4S/c1-3-12-25(30(2,27)28)15-10-8-14(9-11-15)20(26)22-13-18-23-19(24-29-18)16-6-4-5-7-17(16)21/h3-11H,1,12-13H2,2H3,(H,22,26). The number of anilines is 1. The van der Waals surface area contributed by atoms with Gasteiger partial charge in [0.2, 0.25) is 21.7 Å². The molecule has 3 rings (SSSR count). The van der Waals surface area contributed by atoms with Gasteiger partial charge in [-0.3, -0.25) is 9.10 Å². The molecule has 1 amide bonds. The fourth-order valence-corrected chi connectivity index (χ4v) is 3.77. The minimum absolute atomic E-state index is 0.0317. The second-order valence-corrected chi connectivity index (χ2v) is 8.62. The molecule has 0 bridgehead atoms. The van der Waals surface area contributed by atoms with Gasteiger partial charge in [-0.2, -0.15) is 4.98 Å². The second kappa shape index (κ2) is 9.10. The van der Waals surface area contributed by atoms with Crippen LogP contribution < -0.4 is 9.62 Å². The van der Waals surface area contributed by atoms with Gasteiger partial charge in [-0.25, -0.2) is 8.42 Å². The molecule has 156 valence electrons. The van der Waals surface area contributed by atoms with Gasteiger partial charge in [0.15, 0.2) is 0 Å². The zero-order chi connectivity index (χ0) is 21.7. The first kappa shape index (κ1) is 21.5. The molecule has 0 fully saturated rings. The molecule has 1 aromatic heterocycles. The highest BCUT2D eigenvalue weighted by Crippen LogP contribution is 2.24. The maximum absolute atomic E-state index is 12.4. The number of rotatable bonds is 8. The molecule has 10 heteroatoms. The number of hydrogen-bond acceptors (Lipinski definition) is 6. The van der Waals surface area contributed by atoms with Gasteiger partial charge in [0.25, 0.3) is 5.91 Å². The predicted octanol–water partition coefficient (Wildman–Crippen LogP) is 3.27. The number of nitrogens with zero attached hydrogens (tertiary/aromatic N) is 3. The van der Waals surface area contributed by atoms with Crippen molar-refractivity contribution in [2.24, 2.45) is 0 Å². The molecule has 8 nitrogen and oxygen atoms in total. The number of halogens is 1. The van der Waals surface area contributed by atoms with E-state index in [9.17, 15) is 13.2 Å². The van der Waals surface area contributed by atoms with E-state index in [-0.39, 0.29) is 24.9 Å². The Morgan fingerprint density at radius 2 is 1.93 bits per heavy atom. The number of benzene rings is 2. The third kappa shape index (κ3) is 5.05. The summed E-state index contributed by atoms with van der Waals surface area (Å²) in [5.74, 6) is 0.190. The quantitative estimate of drug-likeness (QED) is 0.532. The average Bonchev–Trinajstić information content (AvgIpc) is 3.18. The predicted molar refractivity (Wildman–Crippen MR) is 115 cm³/mol. The Labute approximate surface area is 179 Å². The van der Waals surface area contributed by atoms with Gasteiger partial charge in [-0.15, -0.1) is 6.58 Å². The summed E-state index contributed by atoms with van der Waals surface area (Å²) in [6.07, 6.45) is 2.60. The Balaban J connectivity index is 1.66. The summed E-state index contributed by atoms with van der Waals surface area (Å²) in [6.45, 7) is 3.73. The van der Waals surface area contributed by atoms with Crippen molar-refractivity contribution < 1.29 is 17.7 Å². The number of aromatic nitrogens is 2. The van der Waals surface area contributed by atoms with Gasteiger partial charge < -0.3 is 9.84 Å². The van der Waals surface area contributed by atoms with Crippen molar-refractivity contribution in [1.29, 1.82) is 0 Å². The van der Waals surface area contributed by atoms with Crippen molar-refractivity contribution in [1.82, 2.24) is 15.5 Å². The Morgan fingerprint density at radius 3 is 2.57 bits per heavy atom. The Kier molecular flexibility index (Phi) is 6.53. The first-order valence-electron chi connectivity index (χ1n) is 8.84. The highest BCUT2D eigenvalue weighted by atomic mass is 35.5. The highest BCUT2D eigenvalue weighted by molar-refractivity contribution is 7.92. The van der Waals surface area contributed by atoms with Crippen LogP contribution in [0.15, 0.2) is 65.7 Å². The van der Waals surface area contributed by atoms with Crippen LogP contribution >= 0.6 is 11.6 Å². The summed E-state index contributed by atoms with van der Waals surface area (Å²) in [5.41, 5.74) is 1.43. The van der Waals surface area contributed by atoms with Crippen LogP contribution in [0.1, 0.15) is 16.2 Å². The van der Waals surface area contributed by atoms with E-state index in [4.69, 9.17) is 16.1 Å². The van der Waals surface area contributed by atoms with E-state index in [2.05, 4.69) is 22.0 Å². The van der Waals surface area contributed by atoms with Crippen molar-refractivity contribution in [3.8, 4) is 11.4 Å². The van der Waals surface area contributed by atoms with Crippen LogP contribution in [0.25, 0.3) is 11.4 Å². The lowest BCUT2D eigenvalue weighted by atomic mass is 10.2. The van der Waals surface area contributed by atoms with Crippen molar-refractivity contribution >= 4 is 33.2 Å². The SMILES string of the molecule is C=CCN(c1ccc(C(=O)NCc2nc(-c3ccccc3Cl)no2)cc1)S(C)(=O)=O. The average molecular weight is 447 g/mol. The molecule has 3 aromatic rings. The summed E-state index contributed by atoms with van der Waals surface area (Å²) in [6, 6.07) is 13.3. The van der Waals surface area contributed by atoms with Gasteiger partial charge >= 0.3 is 0 Å². The van der Waals surface area contributed by atoms with E-state index in [1.807, 2.05) is 6.07 Å². The number of carbonyl (C=O) groups excluding carboxylic acids is 1. The van der Waals surface area contributed by atoms with E-state index in [1.54, 1.807) is 30.3 Å². The lowest BCUT2D eigenvalue weighted by molar-refractivity contribution is 0.0946. The van der Waals surface area contributed by atoms with E-state index < -0.39 is 10.0 Å². The third-order valence-corrected chi connectivity index (χ3v) is 5.59. The van der Waals surface area contributed by atoms with Gasteiger partial charge in [-0.1, -0.05) is 35.0 Å². The van der Waals surface area contributed by atoms with Crippen molar-refractivity contribution in [3.05, 3.63) is 77.7 Å². The van der Waals surface area contributed by atoms with Crippen LogP contribution in [0.4, 0.5) is 5.69 Å². The summed E-state index contributed by atoms with van der Waals surface area (Å²) in [7, 11) is -3.46. The van der Waals surface area contributed by atoms with Crippen LogP contribution in [-0.2, 0) is 16.6 Å². The molecule has 0 atom stereocenters. The Morgan fingerprint density at radius 1 is 1.23 bits per heavy atom. The number of amides is 1. The van der Waals surface area contributed by atoms with Crippen LogP contribution in [-0.4, -0.2) is 37.3 Å². The maximum Gasteiger partial charge on any atom is 0.251 e. The van der Waals surface area contributed by atoms with Gasteiger partial charge in [-0.05, 0) is 36.4 Å². The largest absolute Gasteiger partial charge is 0.343 e. The molecule has 0 saturated heterocycles. The second-order valence-electron chi connectivity index (χ2n) is 6.30. The van der Waals surface area contributed by atoms with Crippen LogP contribution in [0, 0.1) is 0 Å². The smallest absolute Gasteiger partial charge is 0.251 e. The van der Waals surface area contributed by atoms with E-state index in [1.165, 1.54) is 22.5 Å². The van der Waals surface area contributed by atoms with Crippen molar-refractivity contribution in [2.45, 2.75) is 6.54 Å². The fourth-order valence-electron chi connectivity index (χ4n) is 2.67. The molecule has 0 aliphatic heterocycles. The van der Waals surface area contributed by atoms with Gasteiger partial charge in [0, 0.05) is 11.1 Å². The first-order valence-corrected chi connectivity index (χ1v) is 11.1. The molecule has 0 unspecified atom stereocenters. The molecule has 0 aliphatic carbocycles. The first-order chi connectivity index (χ1) is 14.3. The van der Waals surface area contributed by atoms with Crippen LogP contribution in [0.5, 0.6) is 0 Å². The number of sulfonamides is 1. The molecule has 30 heavy (non-hydrogen) atoms.